The standard InChI is InChI=1S/C27H25ClFN3O2/c28-23-15-21(29)7-6-19(23)13-18-5-8-22-24(9-12-32-25(22)14-18)31-11-2-10-30-16-20-3-1-4-26-27(20)34-17-33-26/h1,3-9,12,14-15,30H,2,10-11,13,16-17H2,(H,31,32). The average molecular weight is 478 g/mol. The molecule has 0 bridgehead atoms. The van der Waals surface area contributed by atoms with Crippen LogP contribution in [-0.4, -0.2) is 24.9 Å². The van der Waals surface area contributed by atoms with Crippen LogP contribution < -0.4 is 20.1 Å². The molecule has 3 aromatic carbocycles. The minimum atomic E-state index is -0.327. The SMILES string of the molecule is Fc1ccc(Cc2ccc3c(NCCCNCc4cccc5c4OCO5)ccnc3c2)c(Cl)c1. The smallest absolute Gasteiger partial charge is 0.231 e. The molecule has 0 saturated carbocycles. The number of para-hydroxylation sites is 1. The second-order valence-electron chi connectivity index (χ2n) is 8.23. The second-order valence-corrected chi connectivity index (χ2v) is 8.64. The molecule has 34 heavy (non-hydrogen) atoms. The minimum absolute atomic E-state index is 0.289. The number of fused-ring (bicyclic) bond motifs is 2. The Bertz CT molecular complexity index is 1310. The summed E-state index contributed by atoms with van der Waals surface area (Å²) in [5.74, 6) is 1.33. The lowest BCUT2D eigenvalue weighted by atomic mass is 10.0. The van der Waals surface area contributed by atoms with E-state index in [1.54, 1.807) is 6.07 Å². The fourth-order valence-electron chi connectivity index (χ4n) is 4.13. The van der Waals surface area contributed by atoms with Crippen LogP contribution in [0.1, 0.15) is 23.1 Å². The predicted octanol–water partition coefficient (Wildman–Crippen LogP) is 5.94. The van der Waals surface area contributed by atoms with Gasteiger partial charge in [0.2, 0.25) is 6.79 Å². The van der Waals surface area contributed by atoms with Crippen molar-refractivity contribution in [2.45, 2.75) is 19.4 Å². The van der Waals surface area contributed by atoms with E-state index >= 15 is 0 Å². The second kappa shape index (κ2) is 10.3. The van der Waals surface area contributed by atoms with Gasteiger partial charge in [0.15, 0.2) is 11.5 Å². The molecule has 0 saturated heterocycles. The lowest BCUT2D eigenvalue weighted by molar-refractivity contribution is 0.173. The molecule has 2 N–H and O–H groups in total. The Morgan fingerprint density at radius 3 is 2.82 bits per heavy atom. The summed E-state index contributed by atoms with van der Waals surface area (Å²) in [6.07, 6.45) is 3.41. The Balaban J connectivity index is 1.15. The van der Waals surface area contributed by atoms with Crippen LogP contribution in [0.2, 0.25) is 5.02 Å². The first kappa shape index (κ1) is 22.4. The van der Waals surface area contributed by atoms with Gasteiger partial charge in [0.1, 0.15) is 5.82 Å². The first-order chi connectivity index (χ1) is 16.7. The summed E-state index contributed by atoms with van der Waals surface area (Å²) in [6, 6.07) is 18.7. The molecule has 0 radical (unpaired) electrons. The Hall–Kier alpha value is -3.35. The number of benzene rings is 3. The van der Waals surface area contributed by atoms with Crippen LogP contribution in [0.5, 0.6) is 11.5 Å². The van der Waals surface area contributed by atoms with Crippen molar-refractivity contribution in [1.29, 1.82) is 0 Å². The van der Waals surface area contributed by atoms with Gasteiger partial charge in [-0.05, 0) is 60.8 Å². The fraction of sp³-hybridized carbons (Fsp3) is 0.222. The summed E-state index contributed by atoms with van der Waals surface area (Å²) in [4.78, 5) is 4.53. The summed E-state index contributed by atoms with van der Waals surface area (Å²) in [6.45, 7) is 2.75. The lowest BCUT2D eigenvalue weighted by Crippen LogP contribution is -2.18. The van der Waals surface area contributed by atoms with Gasteiger partial charge in [-0.1, -0.05) is 41.9 Å². The van der Waals surface area contributed by atoms with E-state index in [4.69, 9.17) is 21.1 Å². The van der Waals surface area contributed by atoms with E-state index < -0.39 is 0 Å². The van der Waals surface area contributed by atoms with Crippen molar-refractivity contribution in [1.82, 2.24) is 10.3 Å². The van der Waals surface area contributed by atoms with Gasteiger partial charge >= 0.3 is 0 Å². The number of aromatic nitrogens is 1. The predicted molar refractivity (Wildman–Crippen MR) is 133 cm³/mol. The molecule has 0 amide bonds. The monoisotopic (exact) mass is 477 g/mol. The zero-order chi connectivity index (χ0) is 23.3. The van der Waals surface area contributed by atoms with Crippen molar-refractivity contribution in [3.63, 3.8) is 0 Å². The zero-order valence-electron chi connectivity index (χ0n) is 18.6. The Morgan fingerprint density at radius 2 is 1.91 bits per heavy atom. The molecule has 0 unspecified atom stereocenters. The van der Waals surface area contributed by atoms with Crippen LogP contribution in [0.15, 0.2) is 66.9 Å². The Labute approximate surface area is 202 Å². The zero-order valence-corrected chi connectivity index (χ0v) is 19.4. The molecule has 2 heterocycles. The maximum absolute atomic E-state index is 13.3. The fourth-order valence-corrected chi connectivity index (χ4v) is 4.37. The van der Waals surface area contributed by atoms with Crippen molar-refractivity contribution < 1.29 is 13.9 Å². The third-order valence-electron chi connectivity index (χ3n) is 5.86. The van der Waals surface area contributed by atoms with Crippen LogP contribution in [0.3, 0.4) is 0 Å². The molecule has 0 aliphatic carbocycles. The highest BCUT2D eigenvalue weighted by molar-refractivity contribution is 6.31. The van der Waals surface area contributed by atoms with Gasteiger partial charge in [-0.15, -0.1) is 0 Å². The highest BCUT2D eigenvalue weighted by atomic mass is 35.5. The number of anilines is 1. The molecule has 4 aromatic rings. The molecule has 1 aliphatic rings. The van der Waals surface area contributed by atoms with E-state index in [-0.39, 0.29) is 12.6 Å². The van der Waals surface area contributed by atoms with Crippen LogP contribution in [0.4, 0.5) is 10.1 Å². The molecule has 0 spiro atoms. The normalized spacial score (nSPS) is 12.3. The first-order valence-corrected chi connectivity index (χ1v) is 11.7. The summed E-state index contributed by atoms with van der Waals surface area (Å²) in [7, 11) is 0. The van der Waals surface area contributed by atoms with Crippen LogP contribution in [0, 0.1) is 5.82 Å². The highest BCUT2D eigenvalue weighted by Crippen LogP contribution is 2.35. The van der Waals surface area contributed by atoms with Gasteiger partial charge in [-0.25, -0.2) is 4.39 Å². The maximum atomic E-state index is 13.3. The minimum Gasteiger partial charge on any atom is -0.454 e. The van der Waals surface area contributed by atoms with Crippen LogP contribution in [0.25, 0.3) is 10.9 Å². The van der Waals surface area contributed by atoms with E-state index in [0.717, 1.165) is 70.8 Å². The molecule has 1 aromatic heterocycles. The molecular formula is C27H25ClFN3O2. The summed E-state index contributed by atoms with van der Waals surface area (Å²) < 4.78 is 24.3. The number of pyridine rings is 1. The van der Waals surface area contributed by atoms with Crippen LogP contribution >= 0.6 is 11.6 Å². The van der Waals surface area contributed by atoms with Crippen molar-refractivity contribution in [2.24, 2.45) is 0 Å². The molecule has 0 fully saturated rings. The summed E-state index contributed by atoms with van der Waals surface area (Å²) in [5.41, 5.74) is 5.06. The number of halogens is 2. The van der Waals surface area contributed by atoms with Gasteiger partial charge in [-0.3, -0.25) is 4.98 Å². The molecule has 174 valence electrons. The number of rotatable bonds is 9. The molecular weight excluding hydrogens is 453 g/mol. The number of hydrogen-bond donors (Lipinski definition) is 2. The van der Waals surface area contributed by atoms with Crippen molar-refractivity contribution in [3.8, 4) is 11.5 Å². The van der Waals surface area contributed by atoms with E-state index in [9.17, 15) is 4.39 Å². The Morgan fingerprint density at radius 1 is 0.971 bits per heavy atom. The number of ether oxygens (including phenoxy) is 2. The topological polar surface area (TPSA) is 55.4 Å². The van der Waals surface area contributed by atoms with Crippen LogP contribution in [-0.2, 0) is 13.0 Å². The Kier molecular flexibility index (Phi) is 6.79. The molecule has 5 nitrogen and oxygen atoms in total. The van der Waals surface area contributed by atoms with Gasteiger partial charge in [0, 0.05) is 40.9 Å². The van der Waals surface area contributed by atoms with E-state index in [1.807, 2.05) is 24.4 Å². The highest BCUT2D eigenvalue weighted by Gasteiger charge is 2.16. The number of nitrogens with zero attached hydrogens (tertiary/aromatic N) is 1. The molecule has 0 atom stereocenters. The summed E-state index contributed by atoms with van der Waals surface area (Å²) in [5, 5.41) is 8.51. The largest absolute Gasteiger partial charge is 0.454 e. The van der Waals surface area contributed by atoms with Crippen molar-refractivity contribution in [3.05, 3.63) is 94.4 Å². The van der Waals surface area contributed by atoms with Gasteiger partial charge in [-0.2, -0.15) is 0 Å². The van der Waals surface area contributed by atoms with Gasteiger partial charge in [0.25, 0.3) is 0 Å². The quantitative estimate of drug-likeness (QED) is 0.292. The van der Waals surface area contributed by atoms with Crippen molar-refractivity contribution >= 4 is 28.2 Å². The van der Waals surface area contributed by atoms with E-state index in [0.29, 0.717) is 11.4 Å². The molecule has 5 rings (SSSR count). The van der Waals surface area contributed by atoms with Gasteiger partial charge in [0.05, 0.1) is 5.52 Å². The van der Waals surface area contributed by atoms with Gasteiger partial charge < -0.3 is 20.1 Å². The maximum Gasteiger partial charge on any atom is 0.231 e. The average Bonchev–Trinajstić information content (AvgIpc) is 3.33. The molecule has 7 heteroatoms. The first-order valence-electron chi connectivity index (χ1n) is 11.3. The summed E-state index contributed by atoms with van der Waals surface area (Å²) >= 11 is 6.19. The third-order valence-corrected chi connectivity index (χ3v) is 6.21. The number of nitrogens with one attached hydrogen (secondary N) is 2. The lowest BCUT2D eigenvalue weighted by Gasteiger charge is -2.12. The van der Waals surface area contributed by atoms with Crippen molar-refractivity contribution in [2.75, 3.05) is 25.2 Å². The van der Waals surface area contributed by atoms with E-state index in [1.165, 1.54) is 12.1 Å². The third kappa shape index (κ3) is 5.08. The number of hydrogen-bond acceptors (Lipinski definition) is 5. The van der Waals surface area contributed by atoms with E-state index in [2.05, 4.69) is 39.9 Å². The molecule has 1 aliphatic heterocycles.